The van der Waals surface area contributed by atoms with E-state index in [2.05, 4.69) is 29.7 Å². The maximum absolute atomic E-state index is 12.8. The summed E-state index contributed by atoms with van der Waals surface area (Å²) in [5.74, 6) is -0.725. The van der Waals surface area contributed by atoms with Crippen molar-refractivity contribution in [2.24, 2.45) is 4.99 Å². The Morgan fingerprint density at radius 2 is 1.77 bits per heavy atom. The van der Waals surface area contributed by atoms with E-state index in [0.717, 1.165) is 9.65 Å². The molecule has 186 valence electrons. The number of fused-ring (bicyclic) bond motifs is 1. The van der Waals surface area contributed by atoms with E-state index >= 15 is 0 Å². The van der Waals surface area contributed by atoms with Gasteiger partial charge in [0.2, 0.25) is 0 Å². The third-order valence-corrected chi connectivity index (χ3v) is 8.85. The van der Waals surface area contributed by atoms with Gasteiger partial charge in [0.15, 0.2) is 0 Å². The van der Waals surface area contributed by atoms with Gasteiger partial charge < -0.3 is 9.47 Å². The van der Waals surface area contributed by atoms with Gasteiger partial charge in [-0.15, -0.1) is 0 Å². The summed E-state index contributed by atoms with van der Waals surface area (Å²) in [6.45, 7) is 6.38. The van der Waals surface area contributed by atoms with E-state index in [1.807, 2.05) is 18.2 Å². The van der Waals surface area contributed by atoms with Crippen molar-refractivity contribution in [1.82, 2.24) is 9.19 Å². The minimum Gasteiger partial charge on any atom is -0.465 e. The number of hydrogen-bond donors (Lipinski definition) is 0. The molecule has 1 amide bonds. The Morgan fingerprint density at radius 1 is 1.06 bits per heavy atom. The summed E-state index contributed by atoms with van der Waals surface area (Å²) in [4.78, 5) is 28.2. The summed E-state index contributed by atoms with van der Waals surface area (Å²) in [6, 6.07) is 14.7. The summed E-state index contributed by atoms with van der Waals surface area (Å²) < 4.78 is 36.6. The quantitative estimate of drug-likeness (QED) is 0.240. The smallest absolute Gasteiger partial charge is 0.434 e. The Bertz CT molecular complexity index is 1340. The van der Waals surface area contributed by atoms with E-state index in [1.165, 1.54) is 13.3 Å². The van der Waals surface area contributed by atoms with Crippen LogP contribution in [0, 0.1) is 0 Å². The van der Waals surface area contributed by atoms with Gasteiger partial charge in [0.05, 0.1) is 24.6 Å². The van der Waals surface area contributed by atoms with E-state index in [0.29, 0.717) is 22.5 Å². The Kier molecular flexibility index (Phi) is 8.23. The summed E-state index contributed by atoms with van der Waals surface area (Å²) in [5.41, 5.74) is 1.75. The van der Waals surface area contributed by atoms with Crippen molar-refractivity contribution in [3.8, 4) is 0 Å². The Morgan fingerprint density at radius 3 is 2.43 bits per heavy atom. The third kappa shape index (κ3) is 7.33. The zero-order valence-corrected chi connectivity index (χ0v) is 22.0. The standard InChI is InChI=1S/C24H29N3O6SSi/c1-32-23(28)21(26-24(29)33-17-18-8-6-5-7-9-18)15-19-10-11-22-20(14-19)16-25-27(22)34(30,31)12-13-35(2,3)4/h5-11,14,16H,12-13,15,17H2,1-4H3. The summed E-state index contributed by atoms with van der Waals surface area (Å²) in [6.07, 6.45) is 0.557. The zero-order valence-electron chi connectivity index (χ0n) is 20.2. The molecule has 2 aromatic carbocycles. The number of carbonyl (C=O) groups excluding carboxylic acids is 2. The van der Waals surface area contributed by atoms with Crippen molar-refractivity contribution >= 4 is 46.8 Å². The van der Waals surface area contributed by atoms with Crippen LogP contribution < -0.4 is 0 Å². The monoisotopic (exact) mass is 515 g/mol. The largest absolute Gasteiger partial charge is 0.465 e. The van der Waals surface area contributed by atoms with Crippen LogP contribution in [0.25, 0.3) is 10.9 Å². The minimum atomic E-state index is -3.59. The second-order valence-corrected chi connectivity index (χ2v) is 16.8. The Balaban J connectivity index is 1.78. The number of benzene rings is 2. The molecule has 0 fully saturated rings. The minimum absolute atomic E-state index is 0.00337. The fraction of sp³-hybridized carbons (Fsp3) is 0.333. The molecule has 0 aliphatic heterocycles. The van der Waals surface area contributed by atoms with Gasteiger partial charge in [-0.05, 0) is 29.3 Å². The molecule has 0 N–H and O–H groups in total. The molecule has 1 aromatic heterocycles. The zero-order chi connectivity index (χ0) is 25.6. The number of amides is 1. The van der Waals surface area contributed by atoms with Crippen LogP contribution in [-0.4, -0.2) is 56.3 Å². The maximum atomic E-state index is 12.8. The van der Waals surface area contributed by atoms with Gasteiger partial charge in [0.25, 0.3) is 10.0 Å². The lowest BCUT2D eigenvalue weighted by Crippen LogP contribution is -2.27. The lowest BCUT2D eigenvalue weighted by Gasteiger charge is -2.15. The average Bonchev–Trinajstić information content (AvgIpc) is 3.25. The van der Waals surface area contributed by atoms with Crippen LogP contribution in [0.5, 0.6) is 0 Å². The Hall–Kier alpha value is -3.31. The molecule has 0 spiro atoms. The lowest BCUT2D eigenvalue weighted by atomic mass is 10.1. The van der Waals surface area contributed by atoms with Gasteiger partial charge in [-0.2, -0.15) is 14.2 Å². The summed E-state index contributed by atoms with van der Waals surface area (Å²) in [7, 11) is -3.94. The highest BCUT2D eigenvalue weighted by Crippen LogP contribution is 2.20. The molecule has 9 nitrogen and oxygen atoms in total. The topological polar surface area (TPSA) is 117 Å². The van der Waals surface area contributed by atoms with Crippen LogP contribution >= 0.6 is 0 Å². The van der Waals surface area contributed by atoms with Crippen molar-refractivity contribution in [1.29, 1.82) is 0 Å². The molecule has 0 aliphatic rings. The highest BCUT2D eigenvalue weighted by Gasteiger charge is 2.23. The van der Waals surface area contributed by atoms with E-state index in [9.17, 15) is 18.0 Å². The predicted octanol–water partition coefficient (Wildman–Crippen LogP) is 4.05. The van der Waals surface area contributed by atoms with Crippen LogP contribution in [0.15, 0.2) is 59.7 Å². The van der Waals surface area contributed by atoms with Gasteiger partial charge in [-0.1, -0.05) is 56.0 Å². The van der Waals surface area contributed by atoms with Crippen molar-refractivity contribution in [2.45, 2.75) is 38.7 Å². The number of nitrogens with zero attached hydrogens (tertiary/aromatic N) is 3. The van der Waals surface area contributed by atoms with E-state index in [-0.39, 0.29) is 24.5 Å². The van der Waals surface area contributed by atoms with Crippen molar-refractivity contribution in [3.63, 3.8) is 0 Å². The normalized spacial score (nSPS) is 12.5. The number of rotatable bonds is 9. The first-order valence-electron chi connectivity index (χ1n) is 11.0. The van der Waals surface area contributed by atoms with E-state index in [1.54, 1.807) is 30.3 Å². The van der Waals surface area contributed by atoms with Crippen LogP contribution in [0.4, 0.5) is 4.79 Å². The highest BCUT2D eigenvalue weighted by molar-refractivity contribution is 7.90. The highest BCUT2D eigenvalue weighted by atomic mass is 32.2. The average molecular weight is 516 g/mol. The van der Waals surface area contributed by atoms with E-state index < -0.39 is 30.2 Å². The number of hydrogen-bond acceptors (Lipinski definition) is 7. The molecule has 0 radical (unpaired) electrons. The lowest BCUT2D eigenvalue weighted by molar-refractivity contribution is -0.132. The molecule has 3 rings (SSSR count). The molecule has 0 unspecified atom stereocenters. The number of ether oxygens (including phenoxy) is 2. The number of aromatic nitrogens is 2. The molecular formula is C24H29N3O6SSi. The van der Waals surface area contributed by atoms with Crippen molar-refractivity contribution < 1.29 is 27.5 Å². The van der Waals surface area contributed by atoms with Gasteiger partial charge >= 0.3 is 12.1 Å². The number of methoxy groups -OCH3 is 1. The van der Waals surface area contributed by atoms with Crippen molar-refractivity contribution in [3.05, 3.63) is 65.9 Å². The first-order chi connectivity index (χ1) is 16.5. The van der Waals surface area contributed by atoms with Crippen LogP contribution in [0.2, 0.25) is 25.7 Å². The molecule has 3 aromatic rings. The number of esters is 1. The molecule has 1 heterocycles. The number of carbonyl (C=O) groups is 2. The molecule has 35 heavy (non-hydrogen) atoms. The molecule has 0 aliphatic carbocycles. The van der Waals surface area contributed by atoms with Crippen molar-refractivity contribution in [2.75, 3.05) is 12.9 Å². The van der Waals surface area contributed by atoms with E-state index in [4.69, 9.17) is 9.47 Å². The fourth-order valence-corrected chi connectivity index (χ4v) is 7.55. The SMILES string of the molecule is COC(=O)C(Cc1ccc2c(cnn2S(=O)(=O)CC[Si](C)(C)C)c1)=NC(=O)OCc1ccccc1. The third-order valence-electron chi connectivity index (χ3n) is 5.20. The molecule has 0 atom stereocenters. The van der Waals surface area contributed by atoms with Crippen LogP contribution in [0.3, 0.4) is 0 Å². The molecule has 0 saturated carbocycles. The summed E-state index contributed by atoms with van der Waals surface area (Å²) in [5, 5.41) is 4.68. The van der Waals surface area contributed by atoms with Crippen LogP contribution in [0.1, 0.15) is 11.1 Å². The molecule has 11 heteroatoms. The molecular weight excluding hydrogens is 486 g/mol. The van der Waals surface area contributed by atoms with Gasteiger partial charge in [-0.3, -0.25) is 0 Å². The van der Waals surface area contributed by atoms with Gasteiger partial charge in [0, 0.05) is 19.9 Å². The van der Waals surface area contributed by atoms with Gasteiger partial charge in [0.1, 0.15) is 12.3 Å². The Labute approximate surface area is 205 Å². The molecule has 0 saturated heterocycles. The second kappa shape index (κ2) is 11.0. The van der Waals surface area contributed by atoms with Gasteiger partial charge in [-0.25, -0.2) is 18.0 Å². The maximum Gasteiger partial charge on any atom is 0.434 e. The fourth-order valence-electron chi connectivity index (χ4n) is 3.24. The van der Waals surface area contributed by atoms with Crippen LogP contribution in [-0.2, 0) is 37.3 Å². The number of aliphatic imine (C=N–C) groups is 1. The first kappa shape index (κ1) is 26.3. The summed E-state index contributed by atoms with van der Waals surface area (Å²) >= 11 is 0. The predicted molar refractivity (Wildman–Crippen MR) is 137 cm³/mol. The molecule has 0 bridgehead atoms. The first-order valence-corrected chi connectivity index (χ1v) is 16.4. The second-order valence-electron chi connectivity index (χ2n) is 9.27.